The number of nitrogens with zero attached hydrogens (tertiary/aromatic N) is 1. The van der Waals surface area contributed by atoms with Gasteiger partial charge in [-0.2, -0.15) is 0 Å². The Bertz CT molecular complexity index is 459. The Kier molecular flexibility index (Phi) is 3.28. The number of carbonyl (C=O) groups is 1. The van der Waals surface area contributed by atoms with Gasteiger partial charge in [0.1, 0.15) is 5.82 Å². The summed E-state index contributed by atoms with van der Waals surface area (Å²) >= 11 is 0. The molecule has 4 heteroatoms. The van der Waals surface area contributed by atoms with Gasteiger partial charge >= 0.3 is 5.97 Å². The summed E-state index contributed by atoms with van der Waals surface area (Å²) in [5, 5.41) is 9.13. The van der Waals surface area contributed by atoms with Gasteiger partial charge in [-0.05, 0) is 44.9 Å². The monoisotopic (exact) mass is 251 g/mol. The number of aliphatic carboxylic acids is 1. The van der Waals surface area contributed by atoms with E-state index in [2.05, 4.69) is 13.8 Å². The molecule has 0 bridgehead atoms. The van der Waals surface area contributed by atoms with Crippen LogP contribution in [-0.4, -0.2) is 23.2 Å². The van der Waals surface area contributed by atoms with Crippen molar-refractivity contribution in [1.82, 2.24) is 0 Å². The third kappa shape index (κ3) is 2.47. The fourth-order valence-electron chi connectivity index (χ4n) is 2.52. The predicted octanol–water partition coefficient (Wildman–Crippen LogP) is 2.91. The van der Waals surface area contributed by atoms with E-state index in [0.29, 0.717) is 13.0 Å². The first-order valence-electron chi connectivity index (χ1n) is 6.16. The molecule has 2 rings (SSSR count). The van der Waals surface area contributed by atoms with Crippen LogP contribution in [0.3, 0.4) is 0 Å². The van der Waals surface area contributed by atoms with Gasteiger partial charge in [0.05, 0.1) is 5.92 Å². The Morgan fingerprint density at radius 1 is 1.50 bits per heavy atom. The van der Waals surface area contributed by atoms with E-state index in [1.807, 2.05) is 11.0 Å². The van der Waals surface area contributed by atoms with Gasteiger partial charge < -0.3 is 10.0 Å². The van der Waals surface area contributed by atoms with Gasteiger partial charge in [-0.1, -0.05) is 6.07 Å². The van der Waals surface area contributed by atoms with Crippen LogP contribution < -0.4 is 4.90 Å². The number of rotatable bonds is 2. The molecule has 0 amide bonds. The van der Waals surface area contributed by atoms with Gasteiger partial charge in [0.15, 0.2) is 0 Å². The Morgan fingerprint density at radius 2 is 2.22 bits per heavy atom. The Labute approximate surface area is 106 Å². The lowest BCUT2D eigenvalue weighted by atomic mass is 9.84. The Morgan fingerprint density at radius 3 is 2.83 bits per heavy atom. The average Bonchev–Trinajstić information content (AvgIpc) is 2.28. The molecule has 3 nitrogen and oxygen atoms in total. The van der Waals surface area contributed by atoms with Crippen LogP contribution in [-0.2, 0) is 4.79 Å². The minimum absolute atomic E-state index is 0.139. The van der Waals surface area contributed by atoms with Gasteiger partial charge in [-0.25, -0.2) is 4.39 Å². The van der Waals surface area contributed by atoms with Crippen LogP contribution in [0, 0.1) is 11.7 Å². The van der Waals surface area contributed by atoms with Crippen LogP contribution >= 0.6 is 0 Å². The lowest BCUT2D eigenvalue weighted by Gasteiger charge is -2.46. The molecule has 0 aliphatic carbocycles. The number of anilines is 1. The van der Waals surface area contributed by atoms with Crippen LogP contribution in [0.15, 0.2) is 24.3 Å². The highest BCUT2D eigenvalue weighted by atomic mass is 19.1. The molecule has 1 saturated heterocycles. The van der Waals surface area contributed by atoms with Gasteiger partial charge in [0.25, 0.3) is 0 Å². The molecule has 1 aliphatic heterocycles. The molecule has 18 heavy (non-hydrogen) atoms. The van der Waals surface area contributed by atoms with Crippen molar-refractivity contribution in [1.29, 1.82) is 0 Å². The first-order chi connectivity index (χ1) is 8.40. The summed E-state index contributed by atoms with van der Waals surface area (Å²) in [5.41, 5.74) is 0.616. The zero-order valence-corrected chi connectivity index (χ0v) is 10.7. The predicted molar refractivity (Wildman–Crippen MR) is 68.2 cm³/mol. The first-order valence-corrected chi connectivity index (χ1v) is 6.16. The summed E-state index contributed by atoms with van der Waals surface area (Å²) in [6.45, 7) is 4.57. The number of halogens is 1. The maximum absolute atomic E-state index is 13.3. The SMILES string of the molecule is CC1(C)CCC(C(=O)O)CN1c1cccc(F)c1. The van der Waals surface area contributed by atoms with Crippen molar-refractivity contribution in [2.24, 2.45) is 5.92 Å². The lowest BCUT2D eigenvalue weighted by molar-refractivity contribution is -0.142. The third-order valence-electron chi connectivity index (χ3n) is 3.71. The van der Waals surface area contributed by atoms with Crippen molar-refractivity contribution in [2.45, 2.75) is 32.2 Å². The van der Waals surface area contributed by atoms with Gasteiger partial charge in [0, 0.05) is 17.8 Å². The zero-order chi connectivity index (χ0) is 13.3. The molecular formula is C14H18FNO2. The number of hydrogen-bond acceptors (Lipinski definition) is 2. The largest absolute Gasteiger partial charge is 0.481 e. The fraction of sp³-hybridized carbons (Fsp3) is 0.500. The highest BCUT2D eigenvalue weighted by Crippen LogP contribution is 2.35. The molecule has 0 spiro atoms. The van der Waals surface area contributed by atoms with Gasteiger partial charge in [0.2, 0.25) is 0 Å². The van der Waals surface area contributed by atoms with Crippen molar-refractivity contribution < 1.29 is 14.3 Å². The maximum Gasteiger partial charge on any atom is 0.308 e. The molecule has 1 aromatic carbocycles. The first kappa shape index (κ1) is 12.9. The minimum atomic E-state index is -0.771. The van der Waals surface area contributed by atoms with E-state index < -0.39 is 5.97 Å². The smallest absolute Gasteiger partial charge is 0.308 e. The zero-order valence-electron chi connectivity index (χ0n) is 10.7. The summed E-state index contributed by atoms with van der Waals surface area (Å²) in [7, 11) is 0. The molecule has 1 heterocycles. The van der Waals surface area contributed by atoms with Crippen molar-refractivity contribution >= 4 is 11.7 Å². The van der Waals surface area contributed by atoms with Crippen LogP contribution in [0.5, 0.6) is 0 Å². The summed E-state index contributed by atoms with van der Waals surface area (Å²) < 4.78 is 13.3. The molecule has 1 atom stereocenters. The number of carboxylic acid groups (broad SMARTS) is 1. The number of piperidine rings is 1. The van der Waals surface area contributed by atoms with Crippen LogP contribution in [0.25, 0.3) is 0 Å². The Balaban J connectivity index is 2.30. The molecule has 1 aromatic rings. The molecule has 1 fully saturated rings. The molecule has 1 unspecified atom stereocenters. The Hall–Kier alpha value is -1.58. The van der Waals surface area contributed by atoms with Crippen LogP contribution in [0.2, 0.25) is 0 Å². The molecule has 0 radical (unpaired) electrons. The second kappa shape index (κ2) is 4.59. The number of hydrogen-bond donors (Lipinski definition) is 1. The standard InChI is InChI=1S/C14H18FNO2/c1-14(2)7-6-10(13(17)18)9-16(14)12-5-3-4-11(15)8-12/h3-5,8,10H,6-7,9H2,1-2H3,(H,17,18). The summed E-state index contributed by atoms with van der Waals surface area (Å²) in [4.78, 5) is 13.1. The molecule has 0 aromatic heterocycles. The van der Waals surface area contributed by atoms with E-state index in [1.54, 1.807) is 6.07 Å². The average molecular weight is 251 g/mol. The van der Waals surface area contributed by atoms with E-state index >= 15 is 0 Å². The van der Waals surface area contributed by atoms with E-state index in [0.717, 1.165) is 12.1 Å². The normalized spacial score (nSPS) is 22.8. The fourth-order valence-corrected chi connectivity index (χ4v) is 2.52. The summed E-state index contributed by atoms with van der Waals surface area (Å²) in [6, 6.07) is 6.35. The second-order valence-electron chi connectivity index (χ2n) is 5.48. The highest BCUT2D eigenvalue weighted by Gasteiger charge is 2.37. The molecule has 1 aliphatic rings. The van der Waals surface area contributed by atoms with E-state index in [9.17, 15) is 9.18 Å². The second-order valence-corrected chi connectivity index (χ2v) is 5.48. The van der Waals surface area contributed by atoms with Crippen molar-refractivity contribution in [3.63, 3.8) is 0 Å². The van der Waals surface area contributed by atoms with Gasteiger partial charge in [-0.3, -0.25) is 4.79 Å². The quantitative estimate of drug-likeness (QED) is 0.878. The topological polar surface area (TPSA) is 40.5 Å². The lowest BCUT2D eigenvalue weighted by Crippen LogP contribution is -2.52. The van der Waals surface area contributed by atoms with Crippen molar-refractivity contribution in [3.05, 3.63) is 30.1 Å². The number of benzene rings is 1. The van der Waals surface area contributed by atoms with Crippen molar-refractivity contribution in [3.8, 4) is 0 Å². The third-order valence-corrected chi connectivity index (χ3v) is 3.71. The van der Waals surface area contributed by atoms with E-state index in [1.165, 1.54) is 12.1 Å². The maximum atomic E-state index is 13.3. The highest BCUT2D eigenvalue weighted by molar-refractivity contribution is 5.71. The minimum Gasteiger partial charge on any atom is -0.481 e. The van der Waals surface area contributed by atoms with Gasteiger partial charge in [-0.15, -0.1) is 0 Å². The summed E-state index contributed by atoms with van der Waals surface area (Å²) in [5.74, 6) is -1.44. The molecular weight excluding hydrogens is 233 g/mol. The number of carboxylic acids is 1. The molecule has 1 N–H and O–H groups in total. The molecule has 98 valence electrons. The van der Waals surface area contributed by atoms with Crippen LogP contribution in [0.4, 0.5) is 10.1 Å². The van der Waals surface area contributed by atoms with Crippen molar-refractivity contribution in [2.75, 3.05) is 11.4 Å². The van der Waals surface area contributed by atoms with E-state index in [4.69, 9.17) is 5.11 Å². The van der Waals surface area contributed by atoms with Crippen LogP contribution in [0.1, 0.15) is 26.7 Å². The molecule has 0 saturated carbocycles. The van der Waals surface area contributed by atoms with E-state index in [-0.39, 0.29) is 17.3 Å². The summed E-state index contributed by atoms with van der Waals surface area (Å²) in [6.07, 6.45) is 1.47.